The number of fused-ring (bicyclic) bond motifs is 1. The summed E-state index contributed by atoms with van der Waals surface area (Å²) >= 11 is 1.25. The minimum absolute atomic E-state index is 0.210. The molecule has 2 aliphatic rings. The molecular formula is C24H26N6O4S. The van der Waals surface area contributed by atoms with E-state index in [1.54, 1.807) is 34.8 Å². The van der Waals surface area contributed by atoms with Crippen molar-refractivity contribution in [2.24, 2.45) is 0 Å². The van der Waals surface area contributed by atoms with Gasteiger partial charge in [-0.1, -0.05) is 0 Å². The molecule has 1 aromatic carbocycles. The number of piperazine rings is 1. The molecule has 4 heterocycles. The van der Waals surface area contributed by atoms with Gasteiger partial charge in [0.2, 0.25) is 0 Å². The zero-order chi connectivity index (χ0) is 24.4. The predicted octanol–water partition coefficient (Wildman–Crippen LogP) is 1.90. The second-order valence-electron chi connectivity index (χ2n) is 8.29. The first kappa shape index (κ1) is 23.2. The summed E-state index contributed by atoms with van der Waals surface area (Å²) in [6.45, 7) is 3.66. The number of thiazole rings is 1. The number of aromatic nitrogens is 2. The summed E-state index contributed by atoms with van der Waals surface area (Å²) in [5.41, 5.74) is 3.72. The molecule has 5 rings (SSSR count). The first-order valence-corrected chi connectivity index (χ1v) is 12.3. The molecule has 0 bridgehead atoms. The van der Waals surface area contributed by atoms with Gasteiger partial charge in [-0.2, -0.15) is 0 Å². The van der Waals surface area contributed by atoms with E-state index >= 15 is 0 Å². The number of nitrogens with one attached hydrogen (secondary N) is 2. The van der Waals surface area contributed by atoms with Crippen LogP contribution >= 0.6 is 11.3 Å². The van der Waals surface area contributed by atoms with Crippen molar-refractivity contribution in [3.8, 4) is 5.75 Å². The number of aliphatic hydroxyl groups is 1. The van der Waals surface area contributed by atoms with Crippen LogP contribution in [0.3, 0.4) is 0 Å². The van der Waals surface area contributed by atoms with Crippen molar-refractivity contribution >= 4 is 39.7 Å². The van der Waals surface area contributed by atoms with E-state index in [-0.39, 0.29) is 24.1 Å². The van der Waals surface area contributed by atoms with Crippen molar-refractivity contribution in [3.05, 3.63) is 58.4 Å². The number of nitrogens with zero attached hydrogens (tertiary/aromatic N) is 4. The number of hydrogen-bond acceptors (Lipinski definition) is 9. The maximum absolute atomic E-state index is 13.2. The lowest BCUT2D eigenvalue weighted by molar-refractivity contribution is 0.0977. The highest BCUT2D eigenvalue weighted by atomic mass is 32.1. The van der Waals surface area contributed by atoms with Crippen molar-refractivity contribution in [3.63, 3.8) is 0 Å². The minimum Gasteiger partial charge on any atom is -0.496 e. The van der Waals surface area contributed by atoms with Gasteiger partial charge in [0.25, 0.3) is 11.8 Å². The molecule has 3 aromatic rings. The van der Waals surface area contributed by atoms with Crippen LogP contribution in [0.5, 0.6) is 5.75 Å². The number of ether oxygens (including phenoxy) is 1. The Labute approximate surface area is 206 Å². The van der Waals surface area contributed by atoms with E-state index in [0.29, 0.717) is 40.7 Å². The fraction of sp³-hybridized carbons (Fsp3) is 0.333. The van der Waals surface area contributed by atoms with E-state index in [0.717, 1.165) is 37.4 Å². The van der Waals surface area contributed by atoms with Crippen LogP contribution in [-0.4, -0.2) is 66.7 Å². The highest BCUT2D eigenvalue weighted by molar-refractivity contribution is 7.14. The highest BCUT2D eigenvalue weighted by Gasteiger charge is 2.29. The van der Waals surface area contributed by atoms with Gasteiger partial charge in [0, 0.05) is 55.4 Å². The molecule has 2 aliphatic heterocycles. The Balaban J connectivity index is 1.34. The number of benzene rings is 1. The summed E-state index contributed by atoms with van der Waals surface area (Å²) < 4.78 is 5.32. The van der Waals surface area contributed by atoms with E-state index in [2.05, 4.69) is 25.5 Å². The molecule has 0 aliphatic carbocycles. The molecule has 0 saturated carbocycles. The first-order valence-electron chi connectivity index (χ1n) is 11.4. The third-order valence-electron chi connectivity index (χ3n) is 6.22. The van der Waals surface area contributed by atoms with Crippen LogP contribution in [0, 0.1) is 0 Å². The van der Waals surface area contributed by atoms with Gasteiger partial charge in [-0.3, -0.25) is 19.5 Å². The van der Waals surface area contributed by atoms with Gasteiger partial charge >= 0.3 is 0 Å². The Hall–Kier alpha value is -3.54. The monoisotopic (exact) mass is 494 g/mol. The average molecular weight is 495 g/mol. The number of carbonyl (C=O) groups is 2. The number of amides is 2. The zero-order valence-electron chi connectivity index (χ0n) is 19.3. The van der Waals surface area contributed by atoms with E-state index < -0.39 is 0 Å². The highest BCUT2D eigenvalue weighted by Crippen LogP contribution is 2.32. The van der Waals surface area contributed by atoms with E-state index in [1.165, 1.54) is 18.4 Å². The summed E-state index contributed by atoms with van der Waals surface area (Å²) in [7, 11) is 1.54. The summed E-state index contributed by atoms with van der Waals surface area (Å²) in [4.78, 5) is 38.7. The van der Waals surface area contributed by atoms with Crippen molar-refractivity contribution < 1.29 is 19.4 Å². The molecule has 3 N–H and O–H groups in total. The van der Waals surface area contributed by atoms with Crippen molar-refractivity contribution in [1.29, 1.82) is 0 Å². The van der Waals surface area contributed by atoms with Gasteiger partial charge in [0.15, 0.2) is 5.13 Å². The van der Waals surface area contributed by atoms with Crippen molar-refractivity contribution in [1.82, 2.24) is 15.3 Å². The maximum atomic E-state index is 13.2. The van der Waals surface area contributed by atoms with Crippen LogP contribution in [0.2, 0.25) is 0 Å². The first-order chi connectivity index (χ1) is 17.1. The Bertz CT molecular complexity index is 1260. The fourth-order valence-electron chi connectivity index (χ4n) is 4.39. The molecule has 35 heavy (non-hydrogen) atoms. The van der Waals surface area contributed by atoms with E-state index in [4.69, 9.17) is 4.74 Å². The van der Waals surface area contributed by atoms with Crippen LogP contribution < -0.4 is 25.2 Å². The number of anilines is 3. The quantitative estimate of drug-likeness (QED) is 0.475. The van der Waals surface area contributed by atoms with Crippen LogP contribution in [0.25, 0.3) is 0 Å². The summed E-state index contributed by atoms with van der Waals surface area (Å²) in [5, 5.41) is 18.0. The largest absolute Gasteiger partial charge is 0.496 e. The second-order valence-corrected chi connectivity index (χ2v) is 9.12. The lowest BCUT2D eigenvalue weighted by atomic mass is 9.96. The van der Waals surface area contributed by atoms with Crippen molar-refractivity contribution in [2.45, 2.75) is 13.0 Å². The number of aliphatic hydroxyl groups excluding tert-OH is 1. The molecular weight excluding hydrogens is 468 g/mol. The smallest absolute Gasteiger partial charge is 0.275 e. The second kappa shape index (κ2) is 9.98. The summed E-state index contributed by atoms with van der Waals surface area (Å²) in [6, 6.07) is 5.37. The lowest BCUT2D eigenvalue weighted by Gasteiger charge is -2.30. The van der Waals surface area contributed by atoms with E-state index in [9.17, 15) is 14.7 Å². The Kier molecular flexibility index (Phi) is 6.62. The molecule has 1 saturated heterocycles. The molecule has 0 radical (unpaired) electrons. The Morgan fingerprint density at radius 1 is 1.29 bits per heavy atom. The molecule has 2 amide bonds. The summed E-state index contributed by atoms with van der Waals surface area (Å²) in [6.07, 6.45) is 3.97. The molecule has 1 fully saturated rings. The van der Waals surface area contributed by atoms with Gasteiger partial charge in [0.05, 0.1) is 31.3 Å². The molecule has 10 nitrogen and oxygen atoms in total. The van der Waals surface area contributed by atoms with E-state index in [1.807, 2.05) is 6.07 Å². The number of pyridine rings is 1. The summed E-state index contributed by atoms with van der Waals surface area (Å²) in [5.74, 6) is 0.00324. The number of rotatable bonds is 6. The van der Waals surface area contributed by atoms with Gasteiger partial charge in [-0.05, 0) is 30.2 Å². The SMILES string of the molecule is COc1cc2c(cc1CO)C(=O)N(c1nc(C(=O)Nc3cnccc3N3CCNCC3)cs1)CC2. The molecule has 11 heteroatoms. The van der Waals surface area contributed by atoms with Crippen LogP contribution in [-0.2, 0) is 13.0 Å². The normalized spacial score (nSPS) is 15.7. The third kappa shape index (κ3) is 4.57. The molecule has 2 aromatic heterocycles. The standard InChI is InChI=1S/C24H26N6O4S/c1-34-21-11-15-3-7-30(23(33)17(15)10-16(21)13-31)24-28-19(14-35-24)22(32)27-18-12-26-4-2-20(18)29-8-5-25-6-9-29/h2,4,10-12,14,25,31H,3,5-9,13H2,1H3,(H,27,32). The topological polar surface area (TPSA) is 120 Å². The predicted molar refractivity (Wildman–Crippen MR) is 134 cm³/mol. The Morgan fingerprint density at radius 3 is 2.89 bits per heavy atom. The number of hydrogen-bond donors (Lipinski definition) is 3. The van der Waals surface area contributed by atoms with Gasteiger partial charge in [-0.25, -0.2) is 4.98 Å². The van der Waals surface area contributed by atoms with Crippen molar-refractivity contribution in [2.75, 3.05) is 55.0 Å². The van der Waals surface area contributed by atoms with Crippen LogP contribution in [0.4, 0.5) is 16.5 Å². The van der Waals surface area contributed by atoms with Gasteiger partial charge in [0.1, 0.15) is 11.4 Å². The third-order valence-corrected chi connectivity index (χ3v) is 7.08. The number of carbonyl (C=O) groups excluding carboxylic acids is 2. The zero-order valence-corrected chi connectivity index (χ0v) is 20.1. The molecule has 0 unspecified atom stereocenters. The molecule has 0 atom stereocenters. The van der Waals surface area contributed by atoms with Crippen LogP contribution in [0.1, 0.15) is 32.0 Å². The molecule has 182 valence electrons. The maximum Gasteiger partial charge on any atom is 0.275 e. The fourth-order valence-corrected chi connectivity index (χ4v) is 5.22. The van der Waals surface area contributed by atoms with Crippen LogP contribution in [0.15, 0.2) is 36.0 Å². The minimum atomic E-state index is -0.353. The van der Waals surface area contributed by atoms with Gasteiger partial charge in [-0.15, -0.1) is 11.3 Å². The molecule has 0 spiro atoms. The average Bonchev–Trinajstić information content (AvgIpc) is 3.39. The Morgan fingerprint density at radius 2 is 2.11 bits per heavy atom. The number of methoxy groups -OCH3 is 1. The lowest BCUT2D eigenvalue weighted by Crippen LogP contribution is -2.43. The van der Waals surface area contributed by atoms with Gasteiger partial charge < -0.3 is 25.4 Å².